The molecule has 1 heterocycles. The van der Waals surface area contributed by atoms with Gasteiger partial charge in [-0.3, -0.25) is 4.90 Å². The minimum atomic E-state index is 0.720. The van der Waals surface area contributed by atoms with Crippen molar-refractivity contribution in [3.8, 4) is 0 Å². The number of anilines is 1. The topological polar surface area (TPSA) is 32.5 Å². The number of halogens is 2. The van der Waals surface area contributed by atoms with Crippen molar-refractivity contribution in [1.82, 2.24) is 4.90 Å². The van der Waals surface area contributed by atoms with Crippen molar-refractivity contribution in [3.63, 3.8) is 0 Å². The van der Waals surface area contributed by atoms with Crippen LogP contribution in [0.25, 0.3) is 0 Å². The summed E-state index contributed by atoms with van der Waals surface area (Å²) < 4.78 is 0. The van der Waals surface area contributed by atoms with Crippen LogP contribution in [0.3, 0.4) is 0 Å². The van der Waals surface area contributed by atoms with Gasteiger partial charge in [0.25, 0.3) is 0 Å². The van der Waals surface area contributed by atoms with Crippen molar-refractivity contribution < 1.29 is 0 Å². The molecule has 1 fully saturated rings. The number of nitrogens with zero attached hydrogens (tertiary/aromatic N) is 2. The highest BCUT2D eigenvalue weighted by atomic mass is 35.5. The maximum Gasteiger partial charge on any atom is 0.0640 e. The average Bonchev–Trinajstić information content (AvgIpc) is 2.34. The zero-order chi connectivity index (χ0) is 12.3. The molecular weight excluding hydrogens is 257 g/mol. The van der Waals surface area contributed by atoms with E-state index in [1.165, 1.54) is 0 Å². The van der Waals surface area contributed by atoms with Crippen molar-refractivity contribution in [3.05, 3.63) is 28.2 Å². The molecule has 3 nitrogen and oxygen atoms in total. The molecule has 0 bridgehead atoms. The lowest BCUT2D eigenvalue weighted by atomic mass is 10.2. The predicted molar refractivity (Wildman–Crippen MR) is 74.2 cm³/mol. The van der Waals surface area contributed by atoms with Crippen molar-refractivity contribution in [2.24, 2.45) is 5.73 Å². The Balaban J connectivity index is 2.02. The average molecular weight is 274 g/mol. The van der Waals surface area contributed by atoms with E-state index in [-0.39, 0.29) is 0 Å². The van der Waals surface area contributed by atoms with Crippen LogP contribution in [0, 0.1) is 0 Å². The molecule has 0 unspecified atom stereocenters. The molecule has 2 N–H and O–H groups in total. The van der Waals surface area contributed by atoms with Crippen molar-refractivity contribution >= 4 is 28.9 Å². The van der Waals surface area contributed by atoms with Gasteiger partial charge in [-0.1, -0.05) is 23.2 Å². The maximum atomic E-state index is 6.19. The normalized spacial score (nSPS) is 17.5. The van der Waals surface area contributed by atoms with E-state index >= 15 is 0 Å². The number of benzene rings is 1. The van der Waals surface area contributed by atoms with E-state index in [4.69, 9.17) is 28.9 Å². The second-order valence-corrected chi connectivity index (χ2v) is 5.06. The summed E-state index contributed by atoms with van der Waals surface area (Å²) >= 11 is 12.2. The van der Waals surface area contributed by atoms with Crippen LogP contribution in [0.1, 0.15) is 0 Å². The lowest BCUT2D eigenvalue weighted by Gasteiger charge is -2.36. The number of piperazine rings is 1. The summed E-state index contributed by atoms with van der Waals surface area (Å²) in [6.45, 7) is 5.69. The smallest absolute Gasteiger partial charge is 0.0640 e. The van der Waals surface area contributed by atoms with E-state index in [1.807, 2.05) is 18.2 Å². The molecule has 0 spiro atoms. The van der Waals surface area contributed by atoms with Crippen LogP contribution >= 0.6 is 23.2 Å². The highest BCUT2D eigenvalue weighted by Crippen LogP contribution is 2.29. The fourth-order valence-corrected chi connectivity index (χ4v) is 2.53. The number of hydrogen-bond donors (Lipinski definition) is 1. The number of rotatable bonds is 3. The Kier molecular flexibility index (Phi) is 4.51. The molecule has 1 aromatic carbocycles. The van der Waals surface area contributed by atoms with Gasteiger partial charge in [0.1, 0.15) is 0 Å². The molecule has 94 valence electrons. The van der Waals surface area contributed by atoms with Gasteiger partial charge in [-0.05, 0) is 18.2 Å². The van der Waals surface area contributed by atoms with Crippen LogP contribution in [-0.4, -0.2) is 44.2 Å². The molecule has 0 aromatic heterocycles. The van der Waals surface area contributed by atoms with Gasteiger partial charge in [-0.25, -0.2) is 0 Å². The summed E-state index contributed by atoms with van der Waals surface area (Å²) in [4.78, 5) is 4.65. The molecule has 1 saturated heterocycles. The predicted octanol–water partition coefficient (Wildman–Crippen LogP) is 2.07. The Bertz CT molecular complexity index is 376. The lowest BCUT2D eigenvalue weighted by Crippen LogP contribution is -2.47. The largest absolute Gasteiger partial charge is 0.368 e. The first kappa shape index (κ1) is 13.0. The Morgan fingerprint density at radius 1 is 1.12 bits per heavy atom. The molecular formula is C12H17Cl2N3. The van der Waals surface area contributed by atoms with Crippen molar-refractivity contribution in [1.29, 1.82) is 0 Å². The van der Waals surface area contributed by atoms with Crippen LogP contribution < -0.4 is 10.6 Å². The standard InChI is InChI=1S/C12H17Cl2N3/c13-10-1-2-11(14)12(9-10)17-7-5-16(4-3-15)6-8-17/h1-2,9H,3-8,15H2. The third-order valence-corrected chi connectivity index (χ3v) is 3.62. The highest BCUT2D eigenvalue weighted by molar-refractivity contribution is 6.35. The van der Waals surface area contributed by atoms with Crippen LogP contribution in [0.4, 0.5) is 5.69 Å². The third-order valence-electron chi connectivity index (χ3n) is 3.07. The highest BCUT2D eigenvalue weighted by Gasteiger charge is 2.18. The quantitative estimate of drug-likeness (QED) is 0.916. The summed E-state index contributed by atoms with van der Waals surface area (Å²) in [5.41, 5.74) is 6.59. The van der Waals surface area contributed by atoms with Crippen LogP contribution in [-0.2, 0) is 0 Å². The van der Waals surface area contributed by atoms with Crippen molar-refractivity contribution in [2.75, 3.05) is 44.2 Å². The molecule has 1 aliphatic rings. The summed E-state index contributed by atoms with van der Waals surface area (Å²) in [7, 11) is 0. The fourth-order valence-electron chi connectivity index (χ4n) is 2.12. The Morgan fingerprint density at radius 3 is 2.47 bits per heavy atom. The maximum absolute atomic E-state index is 6.19. The van der Waals surface area contributed by atoms with Gasteiger partial charge in [0.2, 0.25) is 0 Å². The first-order valence-electron chi connectivity index (χ1n) is 5.83. The van der Waals surface area contributed by atoms with Crippen LogP contribution in [0.2, 0.25) is 10.0 Å². The van der Waals surface area contributed by atoms with Crippen molar-refractivity contribution in [2.45, 2.75) is 0 Å². The number of hydrogen-bond acceptors (Lipinski definition) is 3. The molecule has 17 heavy (non-hydrogen) atoms. The number of nitrogens with two attached hydrogens (primary N) is 1. The van der Waals surface area contributed by atoms with E-state index in [2.05, 4.69) is 9.80 Å². The first-order valence-corrected chi connectivity index (χ1v) is 6.58. The van der Waals surface area contributed by atoms with Gasteiger partial charge in [0, 0.05) is 44.3 Å². The van der Waals surface area contributed by atoms with Crippen LogP contribution in [0.5, 0.6) is 0 Å². The van der Waals surface area contributed by atoms with Gasteiger partial charge in [-0.2, -0.15) is 0 Å². The first-order chi connectivity index (χ1) is 8.20. The molecule has 0 atom stereocenters. The molecule has 2 rings (SSSR count). The third kappa shape index (κ3) is 3.26. The van der Waals surface area contributed by atoms with Gasteiger partial charge in [0.15, 0.2) is 0 Å². The second-order valence-electron chi connectivity index (χ2n) is 4.21. The summed E-state index contributed by atoms with van der Waals surface area (Å²) in [6.07, 6.45) is 0. The van der Waals surface area contributed by atoms with Gasteiger partial charge >= 0.3 is 0 Å². The minimum Gasteiger partial charge on any atom is -0.368 e. The zero-order valence-electron chi connectivity index (χ0n) is 9.70. The second kappa shape index (κ2) is 5.91. The summed E-state index contributed by atoms with van der Waals surface area (Å²) in [5.74, 6) is 0. The fraction of sp³-hybridized carbons (Fsp3) is 0.500. The van der Waals surface area contributed by atoms with Gasteiger partial charge in [0.05, 0.1) is 10.7 Å². The van der Waals surface area contributed by atoms with E-state index in [0.717, 1.165) is 55.0 Å². The molecule has 1 aromatic rings. The Morgan fingerprint density at radius 2 is 1.82 bits per heavy atom. The van der Waals surface area contributed by atoms with E-state index in [1.54, 1.807) is 0 Å². The van der Waals surface area contributed by atoms with E-state index in [9.17, 15) is 0 Å². The molecule has 0 amide bonds. The SMILES string of the molecule is NCCN1CCN(c2cc(Cl)ccc2Cl)CC1. The van der Waals surface area contributed by atoms with E-state index in [0.29, 0.717) is 0 Å². The minimum absolute atomic E-state index is 0.720. The van der Waals surface area contributed by atoms with Crippen LogP contribution in [0.15, 0.2) is 18.2 Å². The zero-order valence-corrected chi connectivity index (χ0v) is 11.2. The van der Waals surface area contributed by atoms with Gasteiger partial charge < -0.3 is 10.6 Å². The lowest BCUT2D eigenvalue weighted by molar-refractivity contribution is 0.265. The Labute approximate surface area is 112 Å². The van der Waals surface area contributed by atoms with E-state index < -0.39 is 0 Å². The molecule has 5 heteroatoms. The summed E-state index contributed by atoms with van der Waals surface area (Å²) in [6, 6.07) is 5.60. The molecule has 0 radical (unpaired) electrons. The monoisotopic (exact) mass is 273 g/mol. The molecule has 0 saturated carbocycles. The summed E-state index contributed by atoms with van der Waals surface area (Å²) in [5, 5.41) is 1.50. The van der Waals surface area contributed by atoms with Gasteiger partial charge in [-0.15, -0.1) is 0 Å². The Hall–Kier alpha value is -0.480. The molecule has 0 aliphatic carbocycles. The molecule has 1 aliphatic heterocycles.